The number of rotatable bonds is 5. The Morgan fingerprint density at radius 3 is 2.65 bits per heavy atom. The van der Waals surface area contributed by atoms with Gasteiger partial charge in [-0.15, -0.1) is 0 Å². The summed E-state index contributed by atoms with van der Waals surface area (Å²) in [5.41, 5.74) is 2.77. The molecule has 0 aromatic heterocycles. The van der Waals surface area contributed by atoms with E-state index < -0.39 is 0 Å². The molecule has 20 heavy (non-hydrogen) atoms. The smallest absolute Gasteiger partial charge is 0.0594 e. The Labute approximate surface area is 130 Å². The van der Waals surface area contributed by atoms with Crippen LogP contribution in [0.3, 0.4) is 0 Å². The van der Waals surface area contributed by atoms with Gasteiger partial charge in [0.15, 0.2) is 0 Å². The Bertz CT molecular complexity index is 442. The van der Waals surface area contributed by atoms with Gasteiger partial charge in [-0.1, -0.05) is 28.1 Å². The zero-order valence-electron chi connectivity index (χ0n) is 12.7. The van der Waals surface area contributed by atoms with Crippen LogP contribution in [0.2, 0.25) is 0 Å². The van der Waals surface area contributed by atoms with E-state index in [0.29, 0.717) is 0 Å². The predicted octanol–water partition coefficient (Wildman–Crippen LogP) is 2.96. The zero-order chi connectivity index (χ0) is 14.6. The lowest BCUT2D eigenvalue weighted by Crippen LogP contribution is -2.54. The minimum atomic E-state index is 0.172. The molecule has 0 bridgehead atoms. The van der Waals surface area contributed by atoms with Gasteiger partial charge < -0.3 is 10.1 Å². The van der Waals surface area contributed by atoms with Crippen LogP contribution in [0.5, 0.6) is 0 Å². The third kappa shape index (κ3) is 4.29. The number of nitrogens with zero attached hydrogens (tertiary/aromatic N) is 1. The molecule has 1 aromatic rings. The monoisotopic (exact) mass is 340 g/mol. The maximum atomic E-state index is 5.43. The molecule has 1 aliphatic heterocycles. The highest BCUT2D eigenvalue weighted by Crippen LogP contribution is 2.18. The first kappa shape index (κ1) is 16.0. The molecule has 1 saturated heterocycles. The maximum absolute atomic E-state index is 5.43. The van der Waals surface area contributed by atoms with Crippen LogP contribution < -0.4 is 5.32 Å². The van der Waals surface area contributed by atoms with Crippen LogP contribution in [0.4, 0.5) is 0 Å². The molecule has 0 spiro atoms. The van der Waals surface area contributed by atoms with Gasteiger partial charge in [0, 0.05) is 36.2 Å². The van der Waals surface area contributed by atoms with Crippen molar-refractivity contribution in [3.05, 3.63) is 33.8 Å². The summed E-state index contributed by atoms with van der Waals surface area (Å²) in [7, 11) is 0. The zero-order valence-corrected chi connectivity index (χ0v) is 14.3. The molecule has 4 heteroatoms. The first-order valence-electron chi connectivity index (χ1n) is 7.27. The van der Waals surface area contributed by atoms with Gasteiger partial charge in [-0.05, 0) is 38.0 Å². The van der Waals surface area contributed by atoms with Crippen molar-refractivity contribution < 1.29 is 4.74 Å². The van der Waals surface area contributed by atoms with Crippen molar-refractivity contribution in [3.63, 3.8) is 0 Å². The van der Waals surface area contributed by atoms with Crippen molar-refractivity contribution in [2.24, 2.45) is 0 Å². The Balaban J connectivity index is 1.83. The predicted molar refractivity (Wildman–Crippen MR) is 87.1 cm³/mol. The molecule has 1 N–H and O–H groups in total. The first-order chi connectivity index (χ1) is 9.49. The number of morpholine rings is 1. The van der Waals surface area contributed by atoms with Crippen molar-refractivity contribution in [1.82, 2.24) is 10.2 Å². The lowest BCUT2D eigenvalue weighted by Gasteiger charge is -2.41. The molecular formula is C16H25BrN2O. The summed E-state index contributed by atoms with van der Waals surface area (Å²) in [5.74, 6) is 0. The van der Waals surface area contributed by atoms with Gasteiger partial charge in [-0.3, -0.25) is 4.90 Å². The fourth-order valence-corrected chi connectivity index (χ4v) is 2.97. The molecule has 0 saturated carbocycles. The van der Waals surface area contributed by atoms with Crippen molar-refractivity contribution in [2.75, 3.05) is 32.8 Å². The third-order valence-corrected chi connectivity index (χ3v) is 4.84. The van der Waals surface area contributed by atoms with Gasteiger partial charge >= 0.3 is 0 Å². The van der Waals surface area contributed by atoms with Crippen LogP contribution in [0, 0.1) is 6.92 Å². The van der Waals surface area contributed by atoms with Crippen LogP contribution in [0.25, 0.3) is 0 Å². The largest absolute Gasteiger partial charge is 0.379 e. The lowest BCUT2D eigenvalue weighted by molar-refractivity contribution is -0.00966. The summed E-state index contributed by atoms with van der Waals surface area (Å²) in [5, 5.41) is 3.58. The SMILES string of the molecule is Cc1ccc(CNCC(C)(C)N2CCOCC2)cc1Br. The second-order valence-corrected chi connectivity index (χ2v) is 6.95. The molecule has 0 aliphatic carbocycles. The average Bonchev–Trinajstić information content (AvgIpc) is 2.44. The van der Waals surface area contributed by atoms with Gasteiger partial charge in [0.2, 0.25) is 0 Å². The quantitative estimate of drug-likeness (QED) is 0.891. The van der Waals surface area contributed by atoms with Gasteiger partial charge in [0.05, 0.1) is 13.2 Å². The molecule has 0 radical (unpaired) electrons. The Hall–Kier alpha value is -0.420. The summed E-state index contributed by atoms with van der Waals surface area (Å²) in [6.07, 6.45) is 0. The van der Waals surface area contributed by atoms with Crippen LogP contribution >= 0.6 is 15.9 Å². The highest BCUT2D eigenvalue weighted by Gasteiger charge is 2.27. The summed E-state index contributed by atoms with van der Waals surface area (Å²) < 4.78 is 6.61. The molecular weight excluding hydrogens is 316 g/mol. The number of hydrogen-bond donors (Lipinski definition) is 1. The molecule has 112 valence electrons. The van der Waals surface area contributed by atoms with Gasteiger partial charge in [-0.2, -0.15) is 0 Å². The third-order valence-electron chi connectivity index (χ3n) is 3.99. The molecule has 2 rings (SSSR count). The number of halogens is 1. The minimum Gasteiger partial charge on any atom is -0.379 e. The van der Waals surface area contributed by atoms with Crippen LogP contribution in [0.1, 0.15) is 25.0 Å². The van der Waals surface area contributed by atoms with Gasteiger partial charge in [0.25, 0.3) is 0 Å². The Morgan fingerprint density at radius 2 is 2.00 bits per heavy atom. The van der Waals surface area contributed by atoms with Crippen LogP contribution in [-0.2, 0) is 11.3 Å². The van der Waals surface area contributed by atoms with Crippen LogP contribution in [-0.4, -0.2) is 43.3 Å². The summed E-state index contributed by atoms with van der Waals surface area (Å²) in [6.45, 7) is 12.4. The normalized spacial score (nSPS) is 17.4. The standard InChI is InChI=1S/C16H25BrN2O/c1-13-4-5-14(10-15(13)17)11-18-12-16(2,3)19-6-8-20-9-7-19/h4-5,10,18H,6-9,11-12H2,1-3H3. The topological polar surface area (TPSA) is 24.5 Å². The molecule has 0 unspecified atom stereocenters. The van der Waals surface area contributed by atoms with Gasteiger partial charge in [-0.25, -0.2) is 0 Å². The van der Waals surface area contributed by atoms with E-state index in [0.717, 1.165) is 39.4 Å². The lowest BCUT2D eigenvalue weighted by atomic mass is 10.0. The van der Waals surface area contributed by atoms with E-state index in [-0.39, 0.29) is 5.54 Å². The second-order valence-electron chi connectivity index (χ2n) is 6.10. The van der Waals surface area contributed by atoms with Crippen LogP contribution in [0.15, 0.2) is 22.7 Å². The van der Waals surface area contributed by atoms with E-state index in [1.807, 2.05) is 0 Å². The molecule has 1 aromatic carbocycles. The number of nitrogens with one attached hydrogen (secondary N) is 1. The van der Waals surface area contributed by atoms with E-state index in [4.69, 9.17) is 4.74 Å². The minimum absolute atomic E-state index is 0.172. The number of hydrogen-bond acceptors (Lipinski definition) is 3. The van der Waals surface area contributed by atoms with Crippen molar-refractivity contribution >= 4 is 15.9 Å². The van der Waals surface area contributed by atoms with Crippen molar-refractivity contribution in [3.8, 4) is 0 Å². The first-order valence-corrected chi connectivity index (χ1v) is 8.07. The summed E-state index contributed by atoms with van der Waals surface area (Å²) in [4.78, 5) is 2.51. The highest BCUT2D eigenvalue weighted by molar-refractivity contribution is 9.10. The summed E-state index contributed by atoms with van der Waals surface area (Å²) in [6, 6.07) is 6.55. The summed E-state index contributed by atoms with van der Waals surface area (Å²) >= 11 is 3.59. The van der Waals surface area contributed by atoms with E-state index in [1.165, 1.54) is 15.6 Å². The van der Waals surface area contributed by atoms with E-state index >= 15 is 0 Å². The molecule has 3 nitrogen and oxygen atoms in total. The number of aryl methyl sites for hydroxylation is 1. The molecule has 0 amide bonds. The van der Waals surface area contributed by atoms with Crippen molar-refractivity contribution in [2.45, 2.75) is 32.9 Å². The van der Waals surface area contributed by atoms with Gasteiger partial charge in [0.1, 0.15) is 0 Å². The van der Waals surface area contributed by atoms with Crippen molar-refractivity contribution in [1.29, 1.82) is 0 Å². The fourth-order valence-electron chi connectivity index (χ4n) is 2.54. The second kappa shape index (κ2) is 7.03. The maximum Gasteiger partial charge on any atom is 0.0594 e. The highest BCUT2D eigenvalue weighted by atomic mass is 79.9. The van der Waals surface area contributed by atoms with E-state index in [1.54, 1.807) is 0 Å². The fraction of sp³-hybridized carbons (Fsp3) is 0.625. The molecule has 0 atom stereocenters. The number of benzene rings is 1. The Morgan fingerprint density at radius 1 is 1.30 bits per heavy atom. The van der Waals surface area contributed by atoms with E-state index in [2.05, 4.69) is 65.1 Å². The molecule has 1 heterocycles. The molecule has 1 aliphatic rings. The molecule has 1 fully saturated rings. The van der Waals surface area contributed by atoms with E-state index in [9.17, 15) is 0 Å². The number of ether oxygens (including phenoxy) is 1. The Kier molecular flexibility index (Phi) is 5.61. The average molecular weight is 341 g/mol.